The molecule has 0 saturated carbocycles. The zero-order valence-corrected chi connectivity index (χ0v) is 12.0. The normalized spacial score (nSPS) is 25.2. The molecule has 0 aliphatic carbocycles. The molecule has 1 atom stereocenters. The van der Waals surface area contributed by atoms with Gasteiger partial charge in [0, 0.05) is 0 Å². The van der Waals surface area contributed by atoms with E-state index in [2.05, 4.69) is 15.4 Å². The van der Waals surface area contributed by atoms with E-state index in [9.17, 15) is 4.79 Å². The van der Waals surface area contributed by atoms with Crippen molar-refractivity contribution in [2.45, 2.75) is 45.6 Å². The molecule has 2 heterocycles. The number of carbonyl (C=O) groups is 1. The first kappa shape index (κ1) is 15.4. The van der Waals surface area contributed by atoms with Crippen LogP contribution in [-0.2, 0) is 9.53 Å². The minimum atomic E-state index is -0.318. The molecule has 0 radical (unpaired) electrons. The molecular formula is C14H28N2O2. The summed E-state index contributed by atoms with van der Waals surface area (Å²) in [6, 6.07) is 0. The smallest absolute Gasteiger partial charge is 0.293 e. The van der Waals surface area contributed by atoms with Crippen molar-refractivity contribution in [2.24, 2.45) is 11.8 Å². The number of carbonyl (C=O) groups excluding carboxylic acids is 1. The monoisotopic (exact) mass is 256 g/mol. The minimum Gasteiger partial charge on any atom is -0.462 e. The van der Waals surface area contributed by atoms with Crippen molar-refractivity contribution in [1.82, 2.24) is 10.6 Å². The quantitative estimate of drug-likeness (QED) is 0.736. The SMILES string of the molecule is C1CC(C2CCNC2)CCN1.CC(C)(C)OC=O. The van der Waals surface area contributed by atoms with E-state index in [1.54, 1.807) is 0 Å². The van der Waals surface area contributed by atoms with E-state index >= 15 is 0 Å². The molecular weight excluding hydrogens is 228 g/mol. The average Bonchev–Trinajstić information content (AvgIpc) is 2.83. The Hall–Kier alpha value is -0.610. The van der Waals surface area contributed by atoms with Gasteiger partial charge >= 0.3 is 0 Å². The summed E-state index contributed by atoms with van der Waals surface area (Å²) in [4.78, 5) is 9.60. The molecule has 0 spiro atoms. The summed E-state index contributed by atoms with van der Waals surface area (Å²) in [5.41, 5.74) is -0.318. The minimum absolute atomic E-state index is 0.318. The number of ether oxygens (including phenoxy) is 1. The molecule has 2 aliphatic rings. The maximum absolute atomic E-state index is 9.60. The standard InChI is InChI=1S/C9H18N2.C5H10O2/c1-4-10-5-2-8(1)9-3-6-11-7-9;1-5(2,3)7-4-6/h8-11H,1-7H2;4H,1-3H3. The summed E-state index contributed by atoms with van der Waals surface area (Å²) in [7, 11) is 0. The molecule has 18 heavy (non-hydrogen) atoms. The Bertz CT molecular complexity index is 226. The Balaban J connectivity index is 0.000000203. The second-order valence-electron chi connectivity index (χ2n) is 6.17. The molecule has 1 unspecified atom stereocenters. The molecule has 2 fully saturated rings. The zero-order chi connectivity index (χ0) is 13.4. The van der Waals surface area contributed by atoms with Crippen LogP contribution < -0.4 is 10.6 Å². The lowest BCUT2D eigenvalue weighted by Crippen LogP contribution is -2.32. The van der Waals surface area contributed by atoms with Gasteiger partial charge < -0.3 is 15.4 Å². The van der Waals surface area contributed by atoms with Crippen LogP contribution in [0.15, 0.2) is 0 Å². The van der Waals surface area contributed by atoms with Crippen LogP contribution in [0.1, 0.15) is 40.0 Å². The lowest BCUT2D eigenvalue weighted by atomic mass is 9.84. The van der Waals surface area contributed by atoms with Gasteiger partial charge in [-0.25, -0.2) is 0 Å². The van der Waals surface area contributed by atoms with Crippen molar-refractivity contribution in [2.75, 3.05) is 26.2 Å². The van der Waals surface area contributed by atoms with Gasteiger partial charge in [0.05, 0.1) is 0 Å². The summed E-state index contributed by atoms with van der Waals surface area (Å²) in [6.07, 6.45) is 4.24. The van der Waals surface area contributed by atoms with Crippen molar-refractivity contribution in [3.63, 3.8) is 0 Å². The van der Waals surface area contributed by atoms with Gasteiger partial charge in [0.2, 0.25) is 0 Å². The van der Waals surface area contributed by atoms with E-state index in [-0.39, 0.29) is 5.60 Å². The third-order valence-corrected chi connectivity index (χ3v) is 3.55. The highest BCUT2D eigenvalue weighted by Crippen LogP contribution is 2.26. The highest BCUT2D eigenvalue weighted by atomic mass is 16.5. The Kier molecular flexibility index (Phi) is 6.65. The maximum Gasteiger partial charge on any atom is 0.293 e. The van der Waals surface area contributed by atoms with Crippen LogP contribution in [0, 0.1) is 11.8 Å². The van der Waals surface area contributed by atoms with Crippen molar-refractivity contribution in [3.05, 3.63) is 0 Å². The summed E-state index contributed by atoms with van der Waals surface area (Å²) in [6.45, 7) is 11.0. The highest BCUT2D eigenvalue weighted by molar-refractivity contribution is 5.37. The summed E-state index contributed by atoms with van der Waals surface area (Å²) in [5, 5.41) is 6.87. The van der Waals surface area contributed by atoms with Crippen LogP contribution in [-0.4, -0.2) is 38.3 Å². The molecule has 2 N–H and O–H groups in total. The van der Waals surface area contributed by atoms with Crippen LogP contribution in [0.4, 0.5) is 0 Å². The van der Waals surface area contributed by atoms with Gasteiger partial charge in [-0.2, -0.15) is 0 Å². The maximum atomic E-state index is 9.60. The lowest BCUT2D eigenvalue weighted by Gasteiger charge is -2.27. The fourth-order valence-electron chi connectivity index (χ4n) is 2.54. The van der Waals surface area contributed by atoms with Crippen LogP contribution in [0.5, 0.6) is 0 Å². The third kappa shape index (κ3) is 6.36. The van der Waals surface area contributed by atoms with Gasteiger partial charge in [-0.15, -0.1) is 0 Å². The number of nitrogens with one attached hydrogen (secondary N) is 2. The van der Waals surface area contributed by atoms with Crippen LogP contribution in [0.2, 0.25) is 0 Å². The van der Waals surface area contributed by atoms with Gasteiger partial charge in [0.1, 0.15) is 5.60 Å². The largest absolute Gasteiger partial charge is 0.462 e. The lowest BCUT2D eigenvalue weighted by molar-refractivity contribution is -0.138. The molecule has 0 aromatic heterocycles. The molecule has 106 valence electrons. The first-order chi connectivity index (χ1) is 8.53. The number of hydrogen-bond donors (Lipinski definition) is 2. The third-order valence-electron chi connectivity index (χ3n) is 3.55. The van der Waals surface area contributed by atoms with Gasteiger partial charge in [-0.1, -0.05) is 0 Å². The van der Waals surface area contributed by atoms with Crippen molar-refractivity contribution in [1.29, 1.82) is 0 Å². The van der Waals surface area contributed by atoms with Crippen molar-refractivity contribution in [3.8, 4) is 0 Å². The van der Waals surface area contributed by atoms with E-state index in [0.29, 0.717) is 6.47 Å². The van der Waals surface area contributed by atoms with Gasteiger partial charge in [0.15, 0.2) is 0 Å². The molecule has 2 aliphatic heterocycles. The molecule has 0 amide bonds. The second kappa shape index (κ2) is 7.74. The van der Waals surface area contributed by atoms with Crippen LogP contribution in [0.3, 0.4) is 0 Å². The Morgan fingerprint density at radius 1 is 1.00 bits per heavy atom. The molecule has 0 bridgehead atoms. The van der Waals surface area contributed by atoms with Crippen molar-refractivity contribution < 1.29 is 9.53 Å². The first-order valence-electron chi connectivity index (χ1n) is 7.06. The average molecular weight is 256 g/mol. The molecule has 0 aromatic carbocycles. The summed E-state index contributed by atoms with van der Waals surface area (Å²) >= 11 is 0. The highest BCUT2D eigenvalue weighted by Gasteiger charge is 2.25. The Morgan fingerprint density at radius 2 is 1.56 bits per heavy atom. The van der Waals surface area contributed by atoms with Crippen LogP contribution in [0.25, 0.3) is 0 Å². The van der Waals surface area contributed by atoms with Gasteiger partial charge in [0.25, 0.3) is 6.47 Å². The number of piperidine rings is 1. The van der Waals surface area contributed by atoms with E-state index in [0.717, 1.165) is 11.8 Å². The Labute approximate surface area is 111 Å². The first-order valence-corrected chi connectivity index (χ1v) is 7.06. The summed E-state index contributed by atoms with van der Waals surface area (Å²) in [5.74, 6) is 2.02. The predicted octanol–water partition coefficient (Wildman–Crippen LogP) is 1.55. The fourth-order valence-corrected chi connectivity index (χ4v) is 2.54. The molecule has 0 aromatic rings. The molecule has 2 rings (SSSR count). The number of hydrogen-bond acceptors (Lipinski definition) is 4. The fraction of sp³-hybridized carbons (Fsp3) is 0.929. The molecule has 4 heteroatoms. The van der Waals surface area contributed by atoms with E-state index in [1.807, 2.05) is 20.8 Å². The van der Waals surface area contributed by atoms with E-state index in [1.165, 1.54) is 45.4 Å². The second-order valence-corrected chi connectivity index (χ2v) is 6.17. The van der Waals surface area contributed by atoms with E-state index < -0.39 is 0 Å². The zero-order valence-electron chi connectivity index (χ0n) is 12.0. The topological polar surface area (TPSA) is 50.4 Å². The van der Waals surface area contributed by atoms with E-state index in [4.69, 9.17) is 0 Å². The van der Waals surface area contributed by atoms with Gasteiger partial charge in [-0.05, 0) is 78.0 Å². The van der Waals surface area contributed by atoms with Crippen molar-refractivity contribution >= 4 is 6.47 Å². The molecule has 4 nitrogen and oxygen atoms in total. The van der Waals surface area contributed by atoms with Gasteiger partial charge in [-0.3, -0.25) is 4.79 Å². The number of rotatable bonds is 2. The van der Waals surface area contributed by atoms with Crippen LogP contribution >= 0.6 is 0 Å². The molecule has 2 saturated heterocycles. The Morgan fingerprint density at radius 3 is 1.94 bits per heavy atom. The summed E-state index contributed by atoms with van der Waals surface area (Å²) < 4.78 is 4.55. The predicted molar refractivity (Wildman–Crippen MR) is 73.5 cm³/mol.